The van der Waals surface area contributed by atoms with E-state index in [4.69, 9.17) is 14.6 Å². The van der Waals surface area contributed by atoms with Gasteiger partial charge < -0.3 is 9.05 Å². The molecule has 0 unspecified atom stereocenters. The van der Waals surface area contributed by atoms with Crippen molar-refractivity contribution in [3.05, 3.63) is 10.4 Å². The minimum Gasteiger partial charge on any atom is -0.309 e. The van der Waals surface area contributed by atoms with Gasteiger partial charge in [-0.25, -0.2) is 0 Å². The first kappa shape index (κ1) is 21.5. The van der Waals surface area contributed by atoms with Crippen LogP contribution in [-0.4, -0.2) is 25.9 Å². The Bertz CT molecular complexity index is 337. The van der Waals surface area contributed by atoms with Gasteiger partial charge in [0.15, 0.2) is 0 Å². The lowest BCUT2D eigenvalue weighted by molar-refractivity contribution is 0.219. The topological polar surface area (TPSA) is 84.3 Å². The first-order chi connectivity index (χ1) is 10.7. The van der Waals surface area contributed by atoms with E-state index in [0.717, 1.165) is 25.7 Å². The van der Waals surface area contributed by atoms with Crippen LogP contribution in [-0.2, 0) is 13.6 Å². The Labute approximate surface area is 135 Å². The Hall–Kier alpha value is -0.540. The molecule has 0 aliphatic heterocycles. The van der Waals surface area contributed by atoms with Crippen LogP contribution in [0.1, 0.15) is 71.6 Å². The van der Waals surface area contributed by atoms with Crippen LogP contribution in [0.15, 0.2) is 5.11 Å². The van der Waals surface area contributed by atoms with Gasteiger partial charge in [0.1, 0.15) is 0 Å². The largest absolute Gasteiger partial charge is 0.330 e. The zero-order valence-corrected chi connectivity index (χ0v) is 15.1. The summed E-state index contributed by atoms with van der Waals surface area (Å²) in [5.74, 6) is 0. The van der Waals surface area contributed by atoms with Gasteiger partial charge in [0.25, 0.3) is 0 Å². The number of unbranched alkanes of at least 4 members (excludes halogenated alkanes) is 8. The van der Waals surface area contributed by atoms with Crippen molar-refractivity contribution in [2.45, 2.75) is 71.6 Å². The Morgan fingerprint density at radius 2 is 1.32 bits per heavy atom. The van der Waals surface area contributed by atoms with Crippen LogP contribution in [0.3, 0.4) is 0 Å². The lowest BCUT2D eigenvalue weighted by atomic mass is 10.1. The first-order valence-electron chi connectivity index (χ1n) is 8.57. The van der Waals surface area contributed by atoms with E-state index < -0.39 is 7.60 Å². The molecule has 0 atom stereocenters. The molecule has 0 saturated carbocycles. The third-order valence-corrected chi connectivity index (χ3v) is 5.57. The van der Waals surface area contributed by atoms with Gasteiger partial charge in [0, 0.05) is 11.5 Å². The predicted octanol–water partition coefficient (Wildman–Crippen LogP) is 6.07. The van der Waals surface area contributed by atoms with E-state index in [-0.39, 0.29) is 0 Å². The van der Waals surface area contributed by atoms with Gasteiger partial charge in [-0.05, 0) is 32.2 Å². The molecular formula is C15H32N3O3P. The molecule has 0 aromatic heterocycles. The standard InChI is InChI=1S/C15H32N3O3P/c1-3-20-22(19,21-4-2)15-13-11-9-7-5-6-8-10-12-14-17-18-16/h3-15H2,1-2H3. The van der Waals surface area contributed by atoms with Crippen molar-refractivity contribution < 1.29 is 13.6 Å². The molecule has 0 aromatic rings. The molecule has 0 N–H and O–H groups in total. The van der Waals surface area contributed by atoms with E-state index in [1.807, 2.05) is 13.8 Å². The molecule has 6 nitrogen and oxygen atoms in total. The number of rotatable bonds is 16. The molecule has 0 aromatic carbocycles. The normalized spacial score (nSPS) is 11.4. The number of nitrogens with zero attached hydrogens (tertiary/aromatic N) is 3. The molecule has 0 aliphatic rings. The van der Waals surface area contributed by atoms with Crippen LogP contribution in [0.25, 0.3) is 10.4 Å². The average molecular weight is 333 g/mol. The summed E-state index contributed by atoms with van der Waals surface area (Å²) >= 11 is 0. The summed E-state index contributed by atoms with van der Waals surface area (Å²) in [7, 11) is -2.83. The Balaban J connectivity index is 3.41. The van der Waals surface area contributed by atoms with Crippen molar-refractivity contribution in [2.75, 3.05) is 25.9 Å². The fraction of sp³-hybridized carbons (Fsp3) is 1.00. The second-order valence-corrected chi connectivity index (χ2v) is 7.49. The van der Waals surface area contributed by atoms with E-state index in [0.29, 0.717) is 25.9 Å². The molecule has 0 bridgehead atoms. The van der Waals surface area contributed by atoms with Crippen molar-refractivity contribution in [3.63, 3.8) is 0 Å². The second-order valence-electron chi connectivity index (χ2n) is 5.31. The molecule has 0 amide bonds. The molecule has 22 heavy (non-hydrogen) atoms. The predicted molar refractivity (Wildman–Crippen MR) is 91.3 cm³/mol. The van der Waals surface area contributed by atoms with E-state index in [1.54, 1.807) is 0 Å². The van der Waals surface area contributed by atoms with Crippen molar-refractivity contribution in [3.8, 4) is 0 Å². The minimum atomic E-state index is -2.83. The van der Waals surface area contributed by atoms with Gasteiger partial charge in [-0.3, -0.25) is 4.57 Å². The fourth-order valence-corrected chi connectivity index (χ4v) is 4.06. The molecule has 0 spiro atoms. The highest BCUT2D eigenvalue weighted by Gasteiger charge is 2.22. The minimum absolute atomic E-state index is 0.441. The molecule has 0 saturated heterocycles. The Morgan fingerprint density at radius 1 is 0.864 bits per heavy atom. The summed E-state index contributed by atoms with van der Waals surface area (Å²) in [6, 6.07) is 0. The molecule has 0 aliphatic carbocycles. The summed E-state index contributed by atoms with van der Waals surface area (Å²) in [5.41, 5.74) is 8.14. The monoisotopic (exact) mass is 333 g/mol. The Morgan fingerprint density at radius 3 is 1.77 bits per heavy atom. The average Bonchev–Trinajstić information content (AvgIpc) is 2.49. The van der Waals surface area contributed by atoms with Crippen LogP contribution < -0.4 is 0 Å². The summed E-state index contributed by atoms with van der Waals surface area (Å²) in [5, 5.41) is 3.52. The molecule has 0 heterocycles. The highest BCUT2D eigenvalue weighted by atomic mass is 31.2. The van der Waals surface area contributed by atoms with Gasteiger partial charge in [-0.15, -0.1) is 0 Å². The maximum Gasteiger partial charge on any atom is 0.330 e. The van der Waals surface area contributed by atoms with Crippen LogP contribution in [0.4, 0.5) is 0 Å². The summed E-state index contributed by atoms with van der Waals surface area (Å²) in [6.07, 6.45) is 10.8. The quantitative estimate of drug-likeness (QED) is 0.113. The number of azide groups is 1. The van der Waals surface area contributed by atoms with Crippen LogP contribution in [0.2, 0.25) is 0 Å². The summed E-state index contributed by atoms with van der Waals surface area (Å²) in [4.78, 5) is 2.74. The van der Waals surface area contributed by atoms with Gasteiger partial charge in [-0.2, -0.15) is 0 Å². The molecular weight excluding hydrogens is 301 g/mol. The van der Waals surface area contributed by atoms with Crippen LogP contribution >= 0.6 is 7.60 Å². The number of hydrogen-bond acceptors (Lipinski definition) is 4. The molecule has 0 radical (unpaired) electrons. The lowest BCUT2D eigenvalue weighted by Crippen LogP contribution is -2.00. The molecule has 130 valence electrons. The van der Waals surface area contributed by atoms with Crippen LogP contribution in [0, 0.1) is 0 Å². The maximum absolute atomic E-state index is 12.2. The van der Waals surface area contributed by atoms with E-state index in [2.05, 4.69) is 10.0 Å². The third kappa shape index (κ3) is 13.1. The summed E-state index contributed by atoms with van der Waals surface area (Å²) < 4.78 is 22.8. The van der Waals surface area contributed by atoms with E-state index in [1.165, 1.54) is 32.1 Å². The van der Waals surface area contributed by atoms with Gasteiger partial charge >= 0.3 is 7.60 Å². The van der Waals surface area contributed by atoms with Gasteiger partial charge in [-0.1, -0.05) is 50.1 Å². The third-order valence-electron chi connectivity index (χ3n) is 3.40. The fourth-order valence-electron chi connectivity index (χ4n) is 2.33. The van der Waals surface area contributed by atoms with Crippen LogP contribution in [0.5, 0.6) is 0 Å². The molecule has 7 heteroatoms. The molecule has 0 rings (SSSR count). The lowest BCUT2D eigenvalue weighted by Gasteiger charge is -2.16. The van der Waals surface area contributed by atoms with E-state index in [9.17, 15) is 4.57 Å². The zero-order valence-electron chi connectivity index (χ0n) is 14.2. The number of hydrogen-bond donors (Lipinski definition) is 0. The van der Waals surface area contributed by atoms with Gasteiger partial charge in [0.2, 0.25) is 0 Å². The Kier molecular flexibility index (Phi) is 15.0. The van der Waals surface area contributed by atoms with Crippen molar-refractivity contribution in [2.24, 2.45) is 5.11 Å². The SMILES string of the molecule is CCOP(=O)(CCCCCCCCCCCN=[N+]=[N-])OCC. The zero-order chi connectivity index (χ0) is 16.5. The maximum atomic E-state index is 12.2. The highest BCUT2D eigenvalue weighted by Crippen LogP contribution is 2.48. The van der Waals surface area contributed by atoms with Gasteiger partial charge in [0.05, 0.1) is 19.4 Å². The molecule has 0 fully saturated rings. The van der Waals surface area contributed by atoms with Crippen molar-refractivity contribution in [1.82, 2.24) is 0 Å². The smallest absolute Gasteiger partial charge is 0.309 e. The first-order valence-corrected chi connectivity index (χ1v) is 10.3. The summed E-state index contributed by atoms with van der Waals surface area (Å²) in [6.45, 7) is 5.20. The van der Waals surface area contributed by atoms with Crippen molar-refractivity contribution in [1.29, 1.82) is 0 Å². The van der Waals surface area contributed by atoms with E-state index >= 15 is 0 Å². The van der Waals surface area contributed by atoms with Crippen molar-refractivity contribution >= 4 is 7.60 Å². The second kappa shape index (κ2) is 15.4. The highest BCUT2D eigenvalue weighted by molar-refractivity contribution is 7.53.